The third-order valence-electron chi connectivity index (χ3n) is 3.13. The molecule has 1 saturated heterocycles. The minimum absolute atomic E-state index is 0.195. The van der Waals surface area contributed by atoms with Crippen molar-refractivity contribution in [1.82, 2.24) is 10.2 Å². The molecular weight excluding hydrogens is 217 g/mol. The minimum atomic E-state index is -4.11. The molecule has 1 heterocycles. The molecule has 0 amide bonds. The molecule has 1 rings (SSSR count). The van der Waals surface area contributed by atoms with Gasteiger partial charge in [-0.05, 0) is 20.3 Å². The average Bonchev–Trinajstić information content (AvgIpc) is 2.09. The molecule has 2 nitrogen and oxygen atoms in total. The minimum Gasteiger partial charge on any atom is -0.311 e. The molecule has 0 saturated carbocycles. The van der Waals surface area contributed by atoms with Gasteiger partial charge in [0.05, 0.1) is 6.54 Å². The normalized spacial score (nSPS) is 27.0. The number of piperazine rings is 1. The van der Waals surface area contributed by atoms with Crippen LogP contribution in [0.15, 0.2) is 0 Å². The van der Waals surface area contributed by atoms with Crippen LogP contribution in [0.25, 0.3) is 0 Å². The number of hydrogen-bond acceptors (Lipinski definition) is 2. The molecule has 0 aromatic carbocycles. The van der Waals surface area contributed by atoms with Gasteiger partial charge in [-0.1, -0.05) is 13.3 Å². The van der Waals surface area contributed by atoms with Gasteiger partial charge in [0.25, 0.3) is 0 Å². The van der Waals surface area contributed by atoms with Gasteiger partial charge in [0, 0.05) is 24.7 Å². The second kappa shape index (κ2) is 4.92. The average molecular weight is 238 g/mol. The van der Waals surface area contributed by atoms with Crippen LogP contribution in [0.1, 0.15) is 33.6 Å². The largest absolute Gasteiger partial charge is 0.401 e. The lowest BCUT2D eigenvalue weighted by molar-refractivity contribution is -0.161. The zero-order valence-electron chi connectivity index (χ0n) is 10.2. The van der Waals surface area contributed by atoms with E-state index in [-0.39, 0.29) is 6.04 Å². The predicted molar refractivity (Wildman–Crippen MR) is 58.4 cm³/mol. The van der Waals surface area contributed by atoms with Crippen molar-refractivity contribution in [2.24, 2.45) is 0 Å². The smallest absolute Gasteiger partial charge is 0.311 e. The summed E-state index contributed by atoms with van der Waals surface area (Å²) >= 11 is 0. The van der Waals surface area contributed by atoms with Crippen LogP contribution in [-0.2, 0) is 0 Å². The fourth-order valence-corrected chi connectivity index (χ4v) is 2.12. The molecule has 5 heteroatoms. The summed E-state index contributed by atoms with van der Waals surface area (Å²) in [7, 11) is 0. The summed E-state index contributed by atoms with van der Waals surface area (Å²) < 4.78 is 37.3. The molecule has 0 bridgehead atoms. The lowest BCUT2D eigenvalue weighted by Gasteiger charge is -2.46. The second-order valence-electron chi connectivity index (χ2n) is 5.17. The molecule has 1 aliphatic heterocycles. The molecule has 1 unspecified atom stereocenters. The van der Waals surface area contributed by atoms with Crippen LogP contribution in [0, 0.1) is 0 Å². The number of alkyl halides is 3. The Bertz CT molecular complexity index is 226. The molecule has 16 heavy (non-hydrogen) atoms. The Morgan fingerprint density at radius 1 is 1.38 bits per heavy atom. The Morgan fingerprint density at radius 3 is 2.50 bits per heavy atom. The Hall–Kier alpha value is -0.290. The van der Waals surface area contributed by atoms with Crippen LogP contribution in [0.4, 0.5) is 13.2 Å². The Morgan fingerprint density at radius 2 is 2.00 bits per heavy atom. The van der Waals surface area contributed by atoms with Gasteiger partial charge in [-0.2, -0.15) is 13.2 Å². The van der Waals surface area contributed by atoms with Crippen molar-refractivity contribution in [1.29, 1.82) is 0 Å². The van der Waals surface area contributed by atoms with Gasteiger partial charge in [-0.15, -0.1) is 0 Å². The molecule has 1 aliphatic rings. The topological polar surface area (TPSA) is 15.3 Å². The van der Waals surface area contributed by atoms with Crippen molar-refractivity contribution in [2.75, 3.05) is 19.6 Å². The first kappa shape index (κ1) is 13.8. The van der Waals surface area contributed by atoms with Gasteiger partial charge < -0.3 is 5.32 Å². The van der Waals surface area contributed by atoms with E-state index in [4.69, 9.17) is 0 Å². The first-order valence-electron chi connectivity index (χ1n) is 5.80. The van der Waals surface area contributed by atoms with Crippen LogP contribution in [0.3, 0.4) is 0 Å². The number of nitrogens with zero attached hydrogens (tertiary/aromatic N) is 1. The van der Waals surface area contributed by atoms with Crippen LogP contribution in [0.2, 0.25) is 0 Å². The highest BCUT2D eigenvalue weighted by Gasteiger charge is 2.40. The lowest BCUT2D eigenvalue weighted by atomic mass is 9.96. The van der Waals surface area contributed by atoms with Gasteiger partial charge in [0.2, 0.25) is 0 Å². The van der Waals surface area contributed by atoms with Crippen molar-refractivity contribution in [3.05, 3.63) is 0 Å². The molecular formula is C11H21F3N2. The third-order valence-corrected chi connectivity index (χ3v) is 3.13. The third kappa shape index (κ3) is 3.94. The highest BCUT2D eigenvalue weighted by Crippen LogP contribution is 2.25. The quantitative estimate of drug-likeness (QED) is 0.812. The Balaban J connectivity index is 2.61. The maximum Gasteiger partial charge on any atom is 0.401 e. The molecule has 0 aromatic heterocycles. The van der Waals surface area contributed by atoms with Crippen LogP contribution < -0.4 is 5.32 Å². The zero-order chi connectivity index (χ0) is 12.4. The predicted octanol–water partition coefficient (Wildman–Crippen LogP) is 2.40. The maximum absolute atomic E-state index is 12.4. The highest BCUT2D eigenvalue weighted by atomic mass is 19.4. The highest BCUT2D eigenvalue weighted by molar-refractivity contribution is 4.93. The van der Waals surface area contributed by atoms with Crippen LogP contribution in [-0.4, -0.2) is 42.3 Å². The van der Waals surface area contributed by atoms with Crippen molar-refractivity contribution >= 4 is 0 Å². The molecule has 0 aromatic rings. The Kier molecular flexibility index (Phi) is 4.23. The summed E-state index contributed by atoms with van der Waals surface area (Å²) in [6.45, 7) is 6.06. The van der Waals surface area contributed by atoms with Gasteiger partial charge >= 0.3 is 6.18 Å². The second-order valence-corrected chi connectivity index (χ2v) is 5.17. The zero-order valence-corrected chi connectivity index (χ0v) is 10.2. The van der Waals surface area contributed by atoms with Crippen molar-refractivity contribution in [2.45, 2.75) is 51.4 Å². The van der Waals surface area contributed by atoms with Crippen molar-refractivity contribution in [3.63, 3.8) is 0 Å². The first-order valence-corrected chi connectivity index (χ1v) is 5.80. The number of rotatable bonds is 3. The number of hydrogen-bond donors (Lipinski definition) is 1. The van der Waals surface area contributed by atoms with E-state index in [1.54, 1.807) is 4.90 Å². The number of nitrogens with one attached hydrogen (secondary N) is 1. The molecule has 0 aliphatic carbocycles. The summed E-state index contributed by atoms with van der Waals surface area (Å²) in [4.78, 5) is 1.55. The van der Waals surface area contributed by atoms with E-state index < -0.39 is 18.3 Å². The van der Waals surface area contributed by atoms with Gasteiger partial charge in [-0.3, -0.25) is 4.90 Å². The lowest BCUT2D eigenvalue weighted by Crippen LogP contribution is -2.63. The van der Waals surface area contributed by atoms with Crippen molar-refractivity contribution in [3.8, 4) is 0 Å². The van der Waals surface area contributed by atoms with E-state index in [0.29, 0.717) is 13.1 Å². The van der Waals surface area contributed by atoms with E-state index >= 15 is 0 Å². The summed E-state index contributed by atoms with van der Waals surface area (Å²) in [6, 6.07) is 0.195. The summed E-state index contributed by atoms with van der Waals surface area (Å²) in [5.74, 6) is 0. The fourth-order valence-electron chi connectivity index (χ4n) is 2.12. The molecule has 0 spiro atoms. The SMILES string of the molecule is CCCC1CN(CC(F)(F)F)C(C)(C)CN1. The first-order chi connectivity index (χ1) is 7.24. The van der Waals surface area contributed by atoms with Crippen LogP contribution >= 0.6 is 0 Å². The molecule has 1 fully saturated rings. The van der Waals surface area contributed by atoms with Crippen molar-refractivity contribution < 1.29 is 13.2 Å². The van der Waals surface area contributed by atoms with E-state index in [2.05, 4.69) is 12.2 Å². The maximum atomic E-state index is 12.4. The van der Waals surface area contributed by atoms with E-state index in [1.807, 2.05) is 13.8 Å². The summed E-state index contributed by atoms with van der Waals surface area (Å²) in [5.41, 5.74) is -0.417. The molecule has 0 radical (unpaired) electrons. The molecule has 1 atom stereocenters. The molecule has 96 valence electrons. The van der Waals surface area contributed by atoms with Gasteiger partial charge in [0.1, 0.15) is 0 Å². The Labute approximate surface area is 95.2 Å². The summed E-state index contributed by atoms with van der Waals surface area (Å²) in [6.07, 6.45) is -2.17. The van der Waals surface area contributed by atoms with E-state index in [1.165, 1.54) is 0 Å². The summed E-state index contributed by atoms with van der Waals surface area (Å²) in [5, 5.41) is 3.32. The van der Waals surface area contributed by atoms with Crippen LogP contribution in [0.5, 0.6) is 0 Å². The fraction of sp³-hybridized carbons (Fsp3) is 1.00. The van der Waals surface area contributed by atoms with Gasteiger partial charge in [-0.25, -0.2) is 0 Å². The monoisotopic (exact) mass is 238 g/mol. The molecule has 1 N–H and O–H groups in total. The van der Waals surface area contributed by atoms with Gasteiger partial charge in [0.15, 0.2) is 0 Å². The van der Waals surface area contributed by atoms with E-state index in [9.17, 15) is 13.2 Å². The van der Waals surface area contributed by atoms with E-state index in [0.717, 1.165) is 12.8 Å². The number of halogens is 3. The standard InChI is InChI=1S/C11H21F3N2/c1-4-5-9-6-16(8-11(12,13)14)10(2,3)7-15-9/h9,15H,4-8H2,1-3H3.